The molecule has 0 aliphatic heterocycles. The largest absolute Gasteiger partial charge is 0.309 e. The first-order chi connectivity index (χ1) is 8.69. The molecule has 0 amide bonds. The summed E-state index contributed by atoms with van der Waals surface area (Å²) >= 11 is 12.0. The molecule has 1 N–H and O–H groups in total. The lowest BCUT2D eigenvalue weighted by Crippen LogP contribution is -2.23. The van der Waals surface area contributed by atoms with Crippen LogP contribution in [0.3, 0.4) is 0 Å². The Morgan fingerprint density at radius 2 is 2.28 bits per heavy atom. The molecule has 1 aromatic rings. The molecule has 0 aliphatic carbocycles. The Kier molecular flexibility index (Phi) is 7.12. The monoisotopic (exact) mass is 284 g/mol. The number of rotatable bonds is 7. The van der Waals surface area contributed by atoms with E-state index >= 15 is 0 Å². The van der Waals surface area contributed by atoms with Crippen LogP contribution in [0.25, 0.3) is 0 Å². The van der Waals surface area contributed by atoms with Gasteiger partial charge in [0.1, 0.15) is 0 Å². The van der Waals surface area contributed by atoms with Crippen molar-refractivity contribution < 1.29 is 0 Å². The molecule has 98 valence electrons. The van der Waals surface area contributed by atoms with Crippen LogP contribution in [-0.2, 0) is 0 Å². The highest BCUT2D eigenvalue weighted by molar-refractivity contribution is 6.34. The minimum absolute atomic E-state index is 0.142. The van der Waals surface area contributed by atoms with Gasteiger partial charge < -0.3 is 5.32 Å². The summed E-state index contributed by atoms with van der Waals surface area (Å²) in [6, 6.07) is 1.87. The summed E-state index contributed by atoms with van der Waals surface area (Å²) in [5.74, 6) is 2.65. The van der Waals surface area contributed by atoms with Gasteiger partial charge in [-0.1, -0.05) is 30.1 Å². The second-order valence-electron chi connectivity index (χ2n) is 4.12. The van der Waals surface area contributed by atoms with Gasteiger partial charge in [0.15, 0.2) is 0 Å². The highest BCUT2D eigenvalue weighted by atomic mass is 35.5. The van der Waals surface area contributed by atoms with E-state index in [0.29, 0.717) is 10.0 Å². The predicted molar refractivity (Wildman–Crippen MR) is 78.0 cm³/mol. The molecule has 18 heavy (non-hydrogen) atoms. The van der Waals surface area contributed by atoms with E-state index in [1.54, 1.807) is 12.3 Å². The Morgan fingerprint density at radius 1 is 1.50 bits per heavy atom. The van der Waals surface area contributed by atoms with Gasteiger partial charge in [0.2, 0.25) is 0 Å². The molecule has 0 bridgehead atoms. The van der Waals surface area contributed by atoms with Crippen LogP contribution in [0.1, 0.15) is 44.3 Å². The molecular formula is C14H18Cl2N2. The molecule has 1 atom stereocenters. The summed E-state index contributed by atoms with van der Waals surface area (Å²) < 4.78 is 0. The van der Waals surface area contributed by atoms with Gasteiger partial charge in [-0.15, -0.1) is 12.3 Å². The van der Waals surface area contributed by atoms with Crippen molar-refractivity contribution in [2.24, 2.45) is 0 Å². The fraction of sp³-hybridized carbons (Fsp3) is 0.500. The summed E-state index contributed by atoms with van der Waals surface area (Å²) in [7, 11) is 0. The first-order valence-electron chi connectivity index (χ1n) is 6.16. The molecule has 0 spiro atoms. The zero-order chi connectivity index (χ0) is 13.4. The lowest BCUT2D eigenvalue weighted by Gasteiger charge is -2.18. The minimum atomic E-state index is 0.142. The molecule has 0 fully saturated rings. The Morgan fingerprint density at radius 3 is 2.89 bits per heavy atom. The smallest absolute Gasteiger partial charge is 0.0760 e. The number of halogens is 2. The molecular weight excluding hydrogens is 267 g/mol. The van der Waals surface area contributed by atoms with Gasteiger partial charge in [0, 0.05) is 12.6 Å². The van der Waals surface area contributed by atoms with Crippen LogP contribution >= 0.6 is 23.2 Å². The minimum Gasteiger partial charge on any atom is -0.309 e. The number of terminal acetylenes is 1. The van der Waals surface area contributed by atoms with Crippen molar-refractivity contribution >= 4 is 23.2 Å². The zero-order valence-corrected chi connectivity index (χ0v) is 12.1. The number of unbranched alkanes of at least 4 members (excludes halogenated alkanes) is 1. The lowest BCUT2D eigenvalue weighted by atomic mass is 10.1. The van der Waals surface area contributed by atoms with E-state index < -0.39 is 0 Å². The standard InChI is InChI=1S/C14H18Cl2N2/c1-3-5-6-7-13(17-8-4-2)14-12(16)9-11(15)10-18-14/h1,9-10,13,17H,4-8H2,2H3. The molecule has 0 aliphatic rings. The Hall–Kier alpha value is -0.750. The van der Waals surface area contributed by atoms with Crippen LogP contribution in [0.5, 0.6) is 0 Å². The summed E-state index contributed by atoms with van der Waals surface area (Å²) in [4.78, 5) is 4.33. The summed E-state index contributed by atoms with van der Waals surface area (Å²) in [5, 5.41) is 4.61. The normalized spacial score (nSPS) is 12.1. The topological polar surface area (TPSA) is 24.9 Å². The number of nitrogens with one attached hydrogen (secondary N) is 1. The van der Waals surface area contributed by atoms with E-state index in [1.807, 2.05) is 0 Å². The molecule has 1 rings (SSSR count). The van der Waals surface area contributed by atoms with E-state index in [-0.39, 0.29) is 6.04 Å². The van der Waals surface area contributed by atoms with Gasteiger partial charge in [-0.2, -0.15) is 0 Å². The van der Waals surface area contributed by atoms with Crippen LogP contribution in [0.15, 0.2) is 12.3 Å². The fourth-order valence-corrected chi connectivity index (χ4v) is 2.26. The van der Waals surface area contributed by atoms with Gasteiger partial charge in [-0.25, -0.2) is 0 Å². The van der Waals surface area contributed by atoms with Crippen LogP contribution < -0.4 is 5.32 Å². The van der Waals surface area contributed by atoms with E-state index in [0.717, 1.165) is 37.9 Å². The van der Waals surface area contributed by atoms with Crippen LogP contribution in [0.4, 0.5) is 0 Å². The molecule has 2 nitrogen and oxygen atoms in total. The maximum Gasteiger partial charge on any atom is 0.0760 e. The maximum atomic E-state index is 6.19. The molecule has 1 aromatic heterocycles. The second-order valence-corrected chi connectivity index (χ2v) is 4.97. The quantitative estimate of drug-likeness (QED) is 0.599. The molecule has 0 aromatic carbocycles. The molecule has 0 saturated heterocycles. The van der Waals surface area contributed by atoms with Crippen molar-refractivity contribution in [3.05, 3.63) is 28.0 Å². The zero-order valence-electron chi connectivity index (χ0n) is 10.5. The van der Waals surface area contributed by atoms with Gasteiger partial charge in [-0.05, 0) is 31.9 Å². The first kappa shape index (κ1) is 15.3. The highest BCUT2D eigenvalue weighted by Crippen LogP contribution is 2.26. The summed E-state index contributed by atoms with van der Waals surface area (Å²) in [6.45, 7) is 3.06. The molecule has 0 radical (unpaired) electrons. The fourth-order valence-electron chi connectivity index (χ4n) is 1.74. The van der Waals surface area contributed by atoms with Gasteiger partial charge in [0.25, 0.3) is 0 Å². The first-order valence-corrected chi connectivity index (χ1v) is 6.92. The lowest BCUT2D eigenvalue weighted by molar-refractivity contribution is 0.478. The third kappa shape index (κ3) is 4.86. The van der Waals surface area contributed by atoms with E-state index in [4.69, 9.17) is 29.6 Å². The molecule has 0 saturated carbocycles. The summed E-state index contributed by atoms with van der Waals surface area (Å²) in [5.41, 5.74) is 0.853. The Balaban J connectivity index is 2.76. The molecule has 1 heterocycles. The van der Waals surface area contributed by atoms with Crippen molar-refractivity contribution in [1.29, 1.82) is 0 Å². The highest BCUT2D eigenvalue weighted by Gasteiger charge is 2.15. The molecule has 4 heteroatoms. The Labute approximate surface area is 119 Å². The van der Waals surface area contributed by atoms with Gasteiger partial charge in [0.05, 0.1) is 21.8 Å². The number of nitrogens with zero attached hydrogens (tertiary/aromatic N) is 1. The van der Waals surface area contributed by atoms with Crippen molar-refractivity contribution in [1.82, 2.24) is 10.3 Å². The van der Waals surface area contributed by atoms with E-state index in [1.165, 1.54) is 0 Å². The third-order valence-corrected chi connectivity index (χ3v) is 3.13. The maximum absolute atomic E-state index is 6.19. The van der Waals surface area contributed by atoms with Crippen molar-refractivity contribution in [3.63, 3.8) is 0 Å². The average molecular weight is 285 g/mol. The van der Waals surface area contributed by atoms with Gasteiger partial charge >= 0.3 is 0 Å². The van der Waals surface area contributed by atoms with Crippen LogP contribution in [-0.4, -0.2) is 11.5 Å². The second kappa shape index (κ2) is 8.37. The SMILES string of the molecule is C#CCCCC(NCCC)c1ncc(Cl)cc1Cl. The number of hydrogen-bond donors (Lipinski definition) is 1. The predicted octanol–water partition coefficient (Wildman–Crippen LogP) is 4.23. The van der Waals surface area contributed by atoms with Crippen molar-refractivity contribution in [2.75, 3.05) is 6.54 Å². The third-order valence-electron chi connectivity index (χ3n) is 2.62. The van der Waals surface area contributed by atoms with Crippen LogP contribution in [0, 0.1) is 12.3 Å². The van der Waals surface area contributed by atoms with E-state index in [2.05, 4.69) is 23.1 Å². The van der Waals surface area contributed by atoms with E-state index in [9.17, 15) is 0 Å². The van der Waals surface area contributed by atoms with Crippen LogP contribution in [0.2, 0.25) is 10.0 Å². The Bertz CT molecular complexity index is 413. The summed E-state index contributed by atoms with van der Waals surface area (Å²) in [6.07, 6.45) is 10.6. The average Bonchev–Trinajstić information content (AvgIpc) is 2.34. The molecule has 1 unspecified atom stereocenters. The van der Waals surface area contributed by atoms with Gasteiger partial charge in [-0.3, -0.25) is 4.98 Å². The number of aromatic nitrogens is 1. The van der Waals surface area contributed by atoms with Crippen molar-refractivity contribution in [2.45, 2.75) is 38.6 Å². The number of hydrogen-bond acceptors (Lipinski definition) is 2. The van der Waals surface area contributed by atoms with Crippen molar-refractivity contribution in [3.8, 4) is 12.3 Å². The number of pyridine rings is 1.